The van der Waals surface area contributed by atoms with Crippen molar-refractivity contribution in [3.05, 3.63) is 46.9 Å². The van der Waals surface area contributed by atoms with Gasteiger partial charge in [-0.3, -0.25) is 0 Å². The van der Waals surface area contributed by atoms with Crippen molar-refractivity contribution in [2.75, 3.05) is 13.6 Å². The van der Waals surface area contributed by atoms with Crippen LogP contribution in [0.25, 0.3) is 27.3 Å². The minimum absolute atomic E-state index is 0.261. The van der Waals surface area contributed by atoms with Crippen LogP contribution in [0, 0.1) is 5.82 Å². The molecule has 0 radical (unpaired) electrons. The molecule has 3 aromatic heterocycles. The smallest absolute Gasteiger partial charge is 0.182 e. The molecule has 1 aromatic carbocycles. The Balaban J connectivity index is 1.74. The van der Waals surface area contributed by atoms with Gasteiger partial charge in [-0.2, -0.15) is 0 Å². The zero-order chi connectivity index (χ0) is 16.3. The number of likely N-dealkylation sites (N-methyl/N-ethyl adjacent to an activating group) is 1. The van der Waals surface area contributed by atoms with Crippen LogP contribution >= 0.6 is 11.3 Å². The fourth-order valence-corrected chi connectivity index (χ4v) is 4.50. The average Bonchev–Trinajstić information content (AvgIpc) is 3.15. The van der Waals surface area contributed by atoms with Crippen LogP contribution in [-0.4, -0.2) is 38.1 Å². The van der Waals surface area contributed by atoms with Gasteiger partial charge in [0.2, 0.25) is 0 Å². The van der Waals surface area contributed by atoms with Gasteiger partial charge in [0.15, 0.2) is 11.5 Å². The highest BCUT2D eigenvalue weighted by Gasteiger charge is 2.22. The number of rotatable bonds is 1. The first-order valence-electron chi connectivity index (χ1n) is 7.79. The molecule has 0 unspecified atom stereocenters. The second kappa shape index (κ2) is 5.06. The third-order valence-corrected chi connectivity index (χ3v) is 5.60. The van der Waals surface area contributed by atoms with E-state index in [4.69, 9.17) is 4.98 Å². The number of benzene rings is 1. The number of hydrogen-bond donors (Lipinski definition) is 0. The fraction of sp³-hybridized carbons (Fsp3) is 0.235. The minimum Gasteiger partial charge on any atom is -0.301 e. The molecular formula is C17H14FN5S. The molecule has 0 bridgehead atoms. The summed E-state index contributed by atoms with van der Waals surface area (Å²) in [7, 11) is 2.14. The van der Waals surface area contributed by atoms with E-state index in [-0.39, 0.29) is 5.82 Å². The van der Waals surface area contributed by atoms with E-state index in [9.17, 15) is 4.39 Å². The van der Waals surface area contributed by atoms with Crippen LogP contribution in [0.4, 0.5) is 4.39 Å². The van der Waals surface area contributed by atoms with Crippen LogP contribution in [0.15, 0.2) is 30.6 Å². The summed E-state index contributed by atoms with van der Waals surface area (Å²) in [4.78, 5) is 14.0. The molecule has 4 heterocycles. The molecule has 0 N–H and O–H groups in total. The van der Waals surface area contributed by atoms with Crippen LogP contribution in [-0.2, 0) is 13.0 Å². The van der Waals surface area contributed by atoms with E-state index in [2.05, 4.69) is 22.0 Å². The zero-order valence-electron chi connectivity index (χ0n) is 13.0. The van der Waals surface area contributed by atoms with Crippen LogP contribution in [0.3, 0.4) is 0 Å². The van der Waals surface area contributed by atoms with E-state index in [1.807, 2.05) is 0 Å². The maximum absolute atomic E-state index is 13.1. The maximum Gasteiger partial charge on any atom is 0.182 e. The topological polar surface area (TPSA) is 46.3 Å². The molecule has 0 spiro atoms. The van der Waals surface area contributed by atoms with Crippen molar-refractivity contribution in [2.45, 2.75) is 13.0 Å². The molecule has 24 heavy (non-hydrogen) atoms. The average molecular weight is 339 g/mol. The predicted octanol–water partition coefficient (Wildman–Crippen LogP) is 3.13. The Morgan fingerprint density at radius 1 is 1.21 bits per heavy atom. The number of fused-ring (bicyclic) bond motifs is 5. The summed E-state index contributed by atoms with van der Waals surface area (Å²) in [6, 6.07) is 6.26. The number of aromatic nitrogens is 4. The molecule has 0 saturated heterocycles. The third kappa shape index (κ3) is 2.05. The Hall–Kier alpha value is -2.38. The van der Waals surface area contributed by atoms with Crippen LogP contribution in [0.2, 0.25) is 0 Å². The Morgan fingerprint density at radius 2 is 2.04 bits per heavy atom. The van der Waals surface area contributed by atoms with Crippen molar-refractivity contribution < 1.29 is 4.39 Å². The summed E-state index contributed by atoms with van der Waals surface area (Å²) in [6.07, 6.45) is 2.72. The van der Waals surface area contributed by atoms with Gasteiger partial charge in [-0.25, -0.2) is 18.9 Å². The van der Waals surface area contributed by atoms with Gasteiger partial charge in [0.1, 0.15) is 17.0 Å². The standard InChI is InChI=1S/C17H14FN5S/c1-22-7-6-12-13(8-22)24-17-14(12)16-20-15(21-23(16)9-19-17)10-2-4-11(18)5-3-10/h2-5,9H,6-8H2,1H3. The largest absolute Gasteiger partial charge is 0.301 e. The van der Waals surface area contributed by atoms with Gasteiger partial charge in [-0.15, -0.1) is 16.4 Å². The normalized spacial score (nSPS) is 15.2. The van der Waals surface area contributed by atoms with Gasteiger partial charge in [0.05, 0.1) is 5.39 Å². The lowest BCUT2D eigenvalue weighted by molar-refractivity contribution is 0.318. The number of nitrogens with zero attached hydrogens (tertiary/aromatic N) is 5. The highest BCUT2D eigenvalue weighted by atomic mass is 32.1. The van der Waals surface area contributed by atoms with Crippen molar-refractivity contribution in [3.63, 3.8) is 0 Å². The Morgan fingerprint density at radius 3 is 2.88 bits per heavy atom. The van der Waals surface area contributed by atoms with Crippen molar-refractivity contribution in [3.8, 4) is 11.4 Å². The molecule has 1 aliphatic rings. The molecule has 120 valence electrons. The first-order valence-corrected chi connectivity index (χ1v) is 8.61. The minimum atomic E-state index is -0.261. The van der Waals surface area contributed by atoms with Gasteiger partial charge in [0, 0.05) is 23.5 Å². The summed E-state index contributed by atoms with van der Waals surface area (Å²) in [6.45, 7) is 2.00. The van der Waals surface area contributed by atoms with E-state index in [1.165, 1.54) is 22.6 Å². The van der Waals surface area contributed by atoms with Gasteiger partial charge in [0.25, 0.3) is 0 Å². The van der Waals surface area contributed by atoms with Crippen LogP contribution in [0.1, 0.15) is 10.4 Å². The molecule has 5 nitrogen and oxygen atoms in total. The maximum atomic E-state index is 13.1. The van der Waals surface area contributed by atoms with Gasteiger partial charge in [-0.1, -0.05) is 0 Å². The van der Waals surface area contributed by atoms with E-state index >= 15 is 0 Å². The monoisotopic (exact) mass is 339 g/mol. The molecule has 5 rings (SSSR count). The summed E-state index contributed by atoms with van der Waals surface area (Å²) in [5.74, 6) is 0.333. The van der Waals surface area contributed by atoms with Crippen molar-refractivity contribution in [1.29, 1.82) is 0 Å². The first kappa shape index (κ1) is 14.0. The Labute approximate surface area is 141 Å². The highest BCUT2D eigenvalue weighted by molar-refractivity contribution is 7.19. The van der Waals surface area contributed by atoms with Gasteiger partial charge in [-0.05, 0) is 43.3 Å². The lowest BCUT2D eigenvalue weighted by Crippen LogP contribution is -2.25. The fourth-order valence-electron chi connectivity index (χ4n) is 3.24. The summed E-state index contributed by atoms with van der Waals surface area (Å²) in [5.41, 5.74) is 2.99. The number of halogens is 1. The zero-order valence-corrected chi connectivity index (χ0v) is 13.8. The lowest BCUT2D eigenvalue weighted by Gasteiger charge is -2.21. The second-order valence-electron chi connectivity index (χ2n) is 6.13. The Kier molecular flexibility index (Phi) is 2.95. The van der Waals surface area contributed by atoms with Crippen molar-refractivity contribution in [2.24, 2.45) is 0 Å². The van der Waals surface area contributed by atoms with Gasteiger partial charge < -0.3 is 4.90 Å². The van der Waals surface area contributed by atoms with Gasteiger partial charge >= 0.3 is 0 Å². The summed E-state index contributed by atoms with van der Waals surface area (Å²) < 4.78 is 14.9. The number of hydrogen-bond acceptors (Lipinski definition) is 5. The van der Waals surface area contributed by atoms with E-state index < -0.39 is 0 Å². The molecule has 1 aliphatic heterocycles. The second-order valence-corrected chi connectivity index (χ2v) is 7.21. The molecule has 4 aromatic rings. The first-order chi connectivity index (χ1) is 11.7. The molecule has 0 saturated carbocycles. The SMILES string of the molecule is CN1CCc2c(sc3ncn4nc(-c5ccc(F)cc5)nc4c23)C1. The van der Waals surface area contributed by atoms with E-state index in [0.717, 1.165) is 40.9 Å². The summed E-state index contributed by atoms with van der Waals surface area (Å²) in [5, 5.41) is 5.64. The van der Waals surface area contributed by atoms with Crippen LogP contribution < -0.4 is 0 Å². The molecule has 0 aliphatic carbocycles. The molecule has 0 atom stereocenters. The van der Waals surface area contributed by atoms with Crippen LogP contribution in [0.5, 0.6) is 0 Å². The predicted molar refractivity (Wildman–Crippen MR) is 91.6 cm³/mol. The third-order valence-electron chi connectivity index (χ3n) is 4.47. The Bertz CT molecular complexity index is 1070. The van der Waals surface area contributed by atoms with E-state index in [1.54, 1.807) is 34.3 Å². The molecule has 0 fully saturated rings. The van der Waals surface area contributed by atoms with Crippen molar-refractivity contribution in [1.82, 2.24) is 24.5 Å². The quantitative estimate of drug-likeness (QED) is 0.534. The summed E-state index contributed by atoms with van der Waals surface area (Å²) >= 11 is 1.74. The number of thiophene rings is 1. The lowest BCUT2D eigenvalue weighted by atomic mass is 10.1. The van der Waals surface area contributed by atoms with E-state index in [0.29, 0.717) is 5.82 Å². The molecule has 0 amide bonds. The molecule has 7 heteroatoms. The molecular weight excluding hydrogens is 325 g/mol. The highest BCUT2D eigenvalue weighted by Crippen LogP contribution is 2.36. The van der Waals surface area contributed by atoms with Crippen molar-refractivity contribution >= 4 is 27.2 Å².